The number of hydrogen-bond donors (Lipinski definition) is 2. The second-order valence-corrected chi connectivity index (χ2v) is 8.69. The maximum absolute atomic E-state index is 6.22. The molecule has 2 N–H and O–H groups in total. The molecule has 0 radical (unpaired) electrons. The Bertz CT molecular complexity index is 603. The predicted molar refractivity (Wildman–Crippen MR) is 109 cm³/mol. The molecule has 3 nitrogen and oxygen atoms in total. The monoisotopic (exact) mass is 377 g/mol. The van der Waals surface area contributed by atoms with Crippen molar-refractivity contribution in [2.24, 2.45) is 0 Å². The average molecular weight is 378 g/mol. The van der Waals surface area contributed by atoms with Gasteiger partial charge in [-0.05, 0) is 62.9 Å². The van der Waals surface area contributed by atoms with E-state index < -0.39 is 0 Å². The summed E-state index contributed by atoms with van der Waals surface area (Å²) in [5.41, 5.74) is 0.880. The number of halogens is 1. The second-order valence-electron chi connectivity index (χ2n) is 7.87. The molecule has 2 aliphatic heterocycles. The van der Waals surface area contributed by atoms with Gasteiger partial charge in [0, 0.05) is 24.2 Å². The largest absolute Gasteiger partial charge is 0.360 e. The van der Waals surface area contributed by atoms with Gasteiger partial charge < -0.3 is 10.6 Å². The van der Waals surface area contributed by atoms with Gasteiger partial charge in [-0.2, -0.15) is 0 Å². The van der Waals surface area contributed by atoms with Gasteiger partial charge >= 0.3 is 0 Å². The summed E-state index contributed by atoms with van der Waals surface area (Å²) in [4.78, 5) is 2.90. The molecular formula is C20H28ClN3S. The van der Waals surface area contributed by atoms with Gasteiger partial charge in [-0.1, -0.05) is 43.0 Å². The van der Waals surface area contributed by atoms with E-state index in [2.05, 4.69) is 15.5 Å². The minimum atomic E-state index is 0.482. The van der Waals surface area contributed by atoms with Gasteiger partial charge in [0.2, 0.25) is 0 Å². The van der Waals surface area contributed by atoms with E-state index in [0.29, 0.717) is 16.2 Å². The lowest BCUT2D eigenvalue weighted by Crippen LogP contribution is -2.59. The SMILES string of the molecule is S=C(Nc1ccccc1Cl)NC1C[C@H]2CCC[C@@H](C1)N2C1CCCC1. The Morgan fingerprint density at radius 2 is 1.60 bits per heavy atom. The Morgan fingerprint density at radius 3 is 2.28 bits per heavy atom. The van der Waals surface area contributed by atoms with E-state index in [4.69, 9.17) is 23.8 Å². The number of anilines is 1. The Hall–Kier alpha value is -0.840. The van der Waals surface area contributed by atoms with Crippen LogP contribution >= 0.6 is 23.8 Å². The molecule has 4 rings (SSSR count). The summed E-state index contributed by atoms with van der Waals surface area (Å²) < 4.78 is 0. The van der Waals surface area contributed by atoms with Crippen LogP contribution < -0.4 is 10.6 Å². The van der Waals surface area contributed by atoms with Gasteiger partial charge in [0.15, 0.2) is 5.11 Å². The van der Waals surface area contributed by atoms with Crippen molar-refractivity contribution < 1.29 is 0 Å². The zero-order valence-electron chi connectivity index (χ0n) is 14.7. The maximum atomic E-state index is 6.22. The number of benzene rings is 1. The van der Waals surface area contributed by atoms with Crippen LogP contribution in [0.4, 0.5) is 5.69 Å². The van der Waals surface area contributed by atoms with Crippen molar-refractivity contribution in [2.75, 3.05) is 5.32 Å². The number of hydrogen-bond acceptors (Lipinski definition) is 2. The molecule has 3 atom stereocenters. The highest BCUT2D eigenvalue weighted by atomic mass is 35.5. The number of piperidine rings is 2. The molecule has 1 aliphatic carbocycles. The fourth-order valence-electron chi connectivity index (χ4n) is 5.24. The van der Waals surface area contributed by atoms with Crippen LogP contribution in [0.5, 0.6) is 0 Å². The summed E-state index contributed by atoms with van der Waals surface area (Å²) in [5.74, 6) is 0. The van der Waals surface area contributed by atoms with Crippen molar-refractivity contribution in [3.63, 3.8) is 0 Å². The van der Waals surface area contributed by atoms with Crippen molar-refractivity contribution in [3.05, 3.63) is 29.3 Å². The average Bonchev–Trinajstić information content (AvgIpc) is 3.10. The van der Waals surface area contributed by atoms with Crippen LogP contribution in [0, 0.1) is 0 Å². The molecule has 1 aromatic rings. The lowest BCUT2D eigenvalue weighted by molar-refractivity contribution is -0.00596. The van der Waals surface area contributed by atoms with Crippen molar-refractivity contribution in [3.8, 4) is 0 Å². The molecule has 136 valence electrons. The summed E-state index contributed by atoms with van der Waals surface area (Å²) >= 11 is 11.8. The molecule has 1 saturated carbocycles. The van der Waals surface area contributed by atoms with Gasteiger partial charge in [0.25, 0.3) is 0 Å². The van der Waals surface area contributed by atoms with Gasteiger partial charge in [-0.3, -0.25) is 4.90 Å². The first-order valence-electron chi connectivity index (χ1n) is 9.80. The molecule has 1 aromatic carbocycles. The van der Waals surface area contributed by atoms with Crippen LogP contribution in [-0.2, 0) is 0 Å². The molecule has 2 heterocycles. The van der Waals surface area contributed by atoms with Crippen LogP contribution in [0.15, 0.2) is 24.3 Å². The molecule has 1 unspecified atom stereocenters. The molecule has 0 aromatic heterocycles. The van der Waals surface area contributed by atoms with Gasteiger partial charge in [-0.15, -0.1) is 0 Å². The highest BCUT2D eigenvalue weighted by Gasteiger charge is 2.42. The summed E-state index contributed by atoms with van der Waals surface area (Å²) in [5, 5.41) is 8.24. The molecule has 25 heavy (non-hydrogen) atoms. The van der Waals surface area contributed by atoms with Crippen LogP contribution in [0.3, 0.4) is 0 Å². The van der Waals surface area contributed by atoms with E-state index in [0.717, 1.165) is 23.8 Å². The van der Waals surface area contributed by atoms with Crippen molar-refractivity contribution in [1.29, 1.82) is 0 Å². The number of thiocarbonyl (C=S) groups is 1. The molecule has 0 spiro atoms. The zero-order valence-corrected chi connectivity index (χ0v) is 16.3. The number of nitrogens with one attached hydrogen (secondary N) is 2. The standard InChI is InChI=1S/C20H28ClN3S/c21-18-10-3-4-11-19(18)23-20(25)22-14-12-16-8-5-9-17(13-14)24(16)15-6-1-2-7-15/h3-4,10-11,14-17H,1-2,5-9,12-13H2,(H2,22,23,25)/t14?,16-,17+. The Balaban J connectivity index is 1.36. The maximum Gasteiger partial charge on any atom is 0.171 e. The summed E-state index contributed by atoms with van der Waals surface area (Å²) in [6, 6.07) is 10.6. The van der Waals surface area contributed by atoms with Crippen LogP contribution in [0.25, 0.3) is 0 Å². The second kappa shape index (κ2) is 7.81. The van der Waals surface area contributed by atoms with Crippen LogP contribution in [0.1, 0.15) is 57.8 Å². The van der Waals surface area contributed by atoms with Gasteiger partial charge in [0.05, 0.1) is 10.7 Å². The van der Waals surface area contributed by atoms with E-state index in [1.807, 2.05) is 24.3 Å². The van der Waals surface area contributed by atoms with Crippen molar-refractivity contribution in [1.82, 2.24) is 10.2 Å². The first kappa shape index (κ1) is 17.6. The lowest BCUT2D eigenvalue weighted by Gasteiger charge is -2.52. The Labute approximate surface area is 161 Å². The fourth-order valence-corrected chi connectivity index (χ4v) is 5.70. The van der Waals surface area contributed by atoms with E-state index in [9.17, 15) is 0 Å². The predicted octanol–water partition coefficient (Wildman–Crippen LogP) is 4.95. The summed E-state index contributed by atoms with van der Waals surface area (Å²) in [6.07, 6.45) is 12.2. The normalized spacial score (nSPS) is 30.2. The van der Waals surface area contributed by atoms with Gasteiger partial charge in [-0.25, -0.2) is 0 Å². The number of rotatable bonds is 3. The summed E-state index contributed by atoms with van der Waals surface area (Å²) in [6.45, 7) is 0. The van der Waals surface area contributed by atoms with Crippen molar-refractivity contribution >= 4 is 34.6 Å². The topological polar surface area (TPSA) is 27.3 Å². The lowest BCUT2D eigenvalue weighted by atomic mass is 9.80. The molecule has 3 aliphatic rings. The third-order valence-electron chi connectivity index (χ3n) is 6.23. The minimum Gasteiger partial charge on any atom is -0.360 e. The zero-order chi connectivity index (χ0) is 17.2. The minimum absolute atomic E-state index is 0.482. The Morgan fingerprint density at radius 1 is 0.960 bits per heavy atom. The third kappa shape index (κ3) is 3.96. The van der Waals surface area contributed by atoms with Crippen molar-refractivity contribution in [2.45, 2.75) is 82.0 Å². The molecule has 3 fully saturated rings. The number of nitrogens with zero attached hydrogens (tertiary/aromatic N) is 1. The Kier molecular flexibility index (Phi) is 5.49. The highest BCUT2D eigenvalue weighted by molar-refractivity contribution is 7.80. The quantitative estimate of drug-likeness (QED) is 0.728. The number of fused-ring (bicyclic) bond motifs is 2. The van der Waals surface area contributed by atoms with E-state index in [1.54, 1.807) is 0 Å². The summed E-state index contributed by atoms with van der Waals surface area (Å²) in [7, 11) is 0. The van der Waals surface area contributed by atoms with E-state index in [-0.39, 0.29) is 0 Å². The first-order valence-corrected chi connectivity index (χ1v) is 10.6. The first-order chi connectivity index (χ1) is 12.2. The number of para-hydroxylation sites is 1. The molecule has 2 saturated heterocycles. The van der Waals surface area contributed by atoms with E-state index >= 15 is 0 Å². The fraction of sp³-hybridized carbons (Fsp3) is 0.650. The molecular weight excluding hydrogens is 350 g/mol. The molecule has 5 heteroatoms. The van der Waals surface area contributed by atoms with E-state index in [1.165, 1.54) is 57.8 Å². The van der Waals surface area contributed by atoms with Crippen LogP contribution in [-0.4, -0.2) is 34.2 Å². The highest BCUT2D eigenvalue weighted by Crippen LogP contribution is 2.39. The molecule has 2 bridgehead atoms. The van der Waals surface area contributed by atoms with Crippen LogP contribution in [0.2, 0.25) is 5.02 Å². The third-order valence-corrected chi connectivity index (χ3v) is 6.78. The smallest absolute Gasteiger partial charge is 0.171 e. The van der Waals surface area contributed by atoms with Gasteiger partial charge in [0.1, 0.15) is 0 Å². The molecule has 0 amide bonds.